The maximum absolute atomic E-state index is 2.43. The van der Waals surface area contributed by atoms with E-state index in [1.54, 1.807) is 0 Å². The first kappa shape index (κ1) is 36.4. The molecule has 0 saturated carbocycles. The molecule has 0 N–H and O–H groups in total. The third-order valence-electron chi connectivity index (χ3n) is 12.6. The van der Waals surface area contributed by atoms with E-state index < -0.39 is 0 Å². The predicted octanol–water partition coefficient (Wildman–Crippen LogP) is 16.1. The van der Waals surface area contributed by atoms with E-state index in [2.05, 4.69) is 254 Å². The number of rotatable bonds is 8. The van der Waals surface area contributed by atoms with Crippen LogP contribution in [0.25, 0.3) is 72.4 Å². The summed E-state index contributed by atoms with van der Waals surface area (Å²) in [6.07, 6.45) is 0. The maximum atomic E-state index is 2.43. The Morgan fingerprint density at radius 2 is 0.820 bits per heavy atom. The first-order valence-electron chi connectivity index (χ1n) is 21.2. The normalized spacial score (nSPS) is 12.6. The Morgan fingerprint density at radius 3 is 1.44 bits per heavy atom. The fourth-order valence-electron chi connectivity index (χ4n) is 9.59. The number of hydrogen-bond acceptors (Lipinski definition) is 1. The lowest BCUT2D eigenvalue weighted by molar-refractivity contribution is 0.660. The van der Waals surface area contributed by atoms with Gasteiger partial charge in [0, 0.05) is 39.1 Å². The van der Waals surface area contributed by atoms with Gasteiger partial charge in [-0.2, -0.15) is 0 Å². The second kappa shape index (κ2) is 14.9. The van der Waals surface area contributed by atoms with Gasteiger partial charge in [-0.1, -0.05) is 190 Å². The molecule has 0 unspecified atom stereocenters. The molecule has 290 valence electrons. The fraction of sp³-hybridized carbons (Fsp3) is 0.0508. The average Bonchev–Trinajstić information content (AvgIpc) is 3.79. The molecule has 0 spiro atoms. The monoisotopic (exact) mass is 780 g/mol. The van der Waals surface area contributed by atoms with E-state index >= 15 is 0 Å². The Hall–Kier alpha value is -7.68. The molecule has 0 fully saturated rings. The smallest absolute Gasteiger partial charge is 0.0619 e. The summed E-state index contributed by atoms with van der Waals surface area (Å²) in [6.45, 7) is 4.70. The molecule has 0 bridgehead atoms. The largest absolute Gasteiger partial charge is 0.310 e. The van der Waals surface area contributed by atoms with Crippen LogP contribution in [-0.2, 0) is 5.41 Å². The number of aromatic nitrogens is 1. The first-order valence-corrected chi connectivity index (χ1v) is 21.2. The molecule has 1 aliphatic carbocycles. The van der Waals surface area contributed by atoms with E-state index in [1.807, 2.05) is 0 Å². The van der Waals surface area contributed by atoms with Gasteiger partial charge in [0.15, 0.2) is 0 Å². The van der Waals surface area contributed by atoms with Gasteiger partial charge < -0.3 is 9.47 Å². The number of anilines is 3. The van der Waals surface area contributed by atoms with Gasteiger partial charge in [-0.15, -0.1) is 0 Å². The lowest BCUT2D eigenvalue weighted by Crippen LogP contribution is -2.16. The average molecular weight is 781 g/mol. The molecule has 1 aromatic heterocycles. The fourth-order valence-corrected chi connectivity index (χ4v) is 9.59. The van der Waals surface area contributed by atoms with E-state index in [4.69, 9.17) is 0 Å². The standard InChI is InChI=1S/C59H44N2/c1-59(2)54-24-14-12-22-51(54)52-39-38-50(40-55(52)59)60(47-32-26-42(27-33-47)41-16-6-3-7-17-41)48-34-28-43(29-35-48)44-30-36-49(37-31-44)61-56-25-15-13-23-53(56)57(45-18-8-4-9-19-45)58(61)46-20-10-5-11-21-46/h3-40H,1-2H3. The van der Waals surface area contributed by atoms with Crippen molar-refractivity contribution in [3.05, 3.63) is 242 Å². The highest BCUT2D eigenvalue weighted by atomic mass is 15.1. The zero-order valence-corrected chi connectivity index (χ0v) is 34.3. The summed E-state index contributed by atoms with van der Waals surface area (Å²) in [7, 11) is 0. The van der Waals surface area contributed by atoms with Crippen molar-refractivity contribution in [2.75, 3.05) is 4.90 Å². The van der Waals surface area contributed by atoms with E-state index in [1.165, 1.54) is 77.8 Å². The minimum Gasteiger partial charge on any atom is -0.310 e. The Morgan fingerprint density at radius 1 is 0.361 bits per heavy atom. The molecule has 10 aromatic rings. The third kappa shape index (κ3) is 6.27. The number of benzene rings is 9. The van der Waals surface area contributed by atoms with Crippen molar-refractivity contribution in [2.45, 2.75) is 19.3 Å². The maximum Gasteiger partial charge on any atom is 0.0619 e. The quantitative estimate of drug-likeness (QED) is 0.149. The van der Waals surface area contributed by atoms with Crippen LogP contribution in [-0.4, -0.2) is 4.57 Å². The molecular formula is C59H44N2. The molecule has 61 heavy (non-hydrogen) atoms. The summed E-state index contributed by atoms with van der Waals surface area (Å²) in [6, 6.07) is 83.9. The van der Waals surface area contributed by atoms with Crippen LogP contribution in [0.2, 0.25) is 0 Å². The van der Waals surface area contributed by atoms with Crippen LogP contribution < -0.4 is 4.90 Å². The molecule has 0 saturated heterocycles. The van der Waals surface area contributed by atoms with Crippen molar-refractivity contribution in [1.29, 1.82) is 0 Å². The molecule has 1 aliphatic rings. The Balaban J connectivity index is 0.978. The zero-order valence-electron chi connectivity index (χ0n) is 34.3. The predicted molar refractivity (Wildman–Crippen MR) is 257 cm³/mol. The highest BCUT2D eigenvalue weighted by Gasteiger charge is 2.35. The van der Waals surface area contributed by atoms with Gasteiger partial charge in [0.2, 0.25) is 0 Å². The van der Waals surface area contributed by atoms with Crippen LogP contribution in [0.15, 0.2) is 231 Å². The topological polar surface area (TPSA) is 8.17 Å². The van der Waals surface area contributed by atoms with Gasteiger partial charge in [-0.25, -0.2) is 0 Å². The molecule has 1 heterocycles. The van der Waals surface area contributed by atoms with Crippen molar-refractivity contribution >= 4 is 28.0 Å². The number of para-hydroxylation sites is 1. The van der Waals surface area contributed by atoms with Gasteiger partial charge >= 0.3 is 0 Å². The number of fused-ring (bicyclic) bond motifs is 4. The van der Waals surface area contributed by atoms with Crippen LogP contribution >= 0.6 is 0 Å². The molecule has 2 nitrogen and oxygen atoms in total. The SMILES string of the molecule is CC1(C)c2ccccc2-c2ccc(N(c3ccc(-c4ccccc4)cc3)c3ccc(-c4ccc(-n5c(-c6ccccc6)c(-c6ccccc6)c6ccccc65)cc4)cc3)cc21. The van der Waals surface area contributed by atoms with Gasteiger partial charge in [0.25, 0.3) is 0 Å². The molecule has 0 atom stereocenters. The molecule has 0 amide bonds. The van der Waals surface area contributed by atoms with E-state index in [-0.39, 0.29) is 5.41 Å². The van der Waals surface area contributed by atoms with Crippen molar-refractivity contribution in [1.82, 2.24) is 4.57 Å². The highest BCUT2D eigenvalue weighted by Crippen LogP contribution is 2.51. The lowest BCUT2D eigenvalue weighted by atomic mass is 9.82. The van der Waals surface area contributed by atoms with Gasteiger partial charge in [0.1, 0.15) is 0 Å². The molecule has 0 aliphatic heterocycles. The first-order chi connectivity index (χ1) is 30.0. The lowest BCUT2D eigenvalue weighted by Gasteiger charge is -2.28. The zero-order chi connectivity index (χ0) is 40.9. The summed E-state index contributed by atoms with van der Waals surface area (Å²) >= 11 is 0. The molecule has 11 rings (SSSR count). The van der Waals surface area contributed by atoms with Crippen LogP contribution in [0.1, 0.15) is 25.0 Å². The summed E-state index contributed by atoms with van der Waals surface area (Å²) in [5.41, 5.74) is 20.6. The molecule has 2 heteroatoms. The van der Waals surface area contributed by atoms with Crippen molar-refractivity contribution < 1.29 is 0 Å². The Labute approximate surface area is 358 Å². The number of nitrogens with zero attached hydrogens (tertiary/aromatic N) is 2. The Kier molecular flexibility index (Phi) is 8.86. The second-order valence-corrected chi connectivity index (χ2v) is 16.6. The van der Waals surface area contributed by atoms with Crippen molar-refractivity contribution in [3.8, 4) is 61.5 Å². The molecule has 9 aromatic carbocycles. The van der Waals surface area contributed by atoms with E-state index in [0.717, 1.165) is 22.7 Å². The highest BCUT2D eigenvalue weighted by molar-refractivity contribution is 6.05. The summed E-state index contributed by atoms with van der Waals surface area (Å²) in [5, 5.41) is 1.24. The van der Waals surface area contributed by atoms with Crippen LogP contribution in [0.4, 0.5) is 17.1 Å². The summed E-state index contributed by atoms with van der Waals surface area (Å²) < 4.78 is 2.43. The summed E-state index contributed by atoms with van der Waals surface area (Å²) in [4.78, 5) is 2.40. The van der Waals surface area contributed by atoms with E-state index in [9.17, 15) is 0 Å². The minimum atomic E-state index is -0.0985. The summed E-state index contributed by atoms with van der Waals surface area (Å²) in [5.74, 6) is 0. The number of hydrogen-bond donors (Lipinski definition) is 0. The van der Waals surface area contributed by atoms with Crippen molar-refractivity contribution in [2.24, 2.45) is 0 Å². The van der Waals surface area contributed by atoms with Crippen LogP contribution in [0.3, 0.4) is 0 Å². The Bertz CT molecular complexity index is 3160. The van der Waals surface area contributed by atoms with Gasteiger partial charge in [0.05, 0.1) is 11.2 Å². The van der Waals surface area contributed by atoms with Gasteiger partial charge in [-0.05, 0) is 110 Å². The van der Waals surface area contributed by atoms with E-state index in [0.29, 0.717) is 0 Å². The minimum absolute atomic E-state index is 0.0985. The molecule has 0 radical (unpaired) electrons. The second-order valence-electron chi connectivity index (χ2n) is 16.6. The van der Waals surface area contributed by atoms with Crippen molar-refractivity contribution in [3.63, 3.8) is 0 Å². The van der Waals surface area contributed by atoms with Crippen LogP contribution in [0, 0.1) is 0 Å². The van der Waals surface area contributed by atoms with Gasteiger partial charge in [-0.3, -0.25) is 0 Å². The molecular weight excluding hydrogens is 737 g/mol. The van der Waals surface area contributed by atoms with Crippen LogP contribution in [0.5, 0.6) is 0 Å². The third-order valence-corrected chi connectivity index (χ3v) is 12.6.